The predicted octanol–water partition coefficient (Wildman–Crippen LogP) is 7.41. The molecule has 14 nitrogen and oxygen atoms in total. The zero-order valence-electron chi connectivity index (χ0n) is 40.2. The Kier molecular flexibility index (Phi) is 35.7. The minimum Gasteiger partial charge on any atom is -0.457 e. The highest BCUT2D eigenvalue weighted by molar-refractivity contribution is 5.69. The maximum atomic E-state index is 13.0. The lowest BCUT2D eigenvalue weighted by Crippen LogP contribution is -2.61. The van der Waals surface area contributed by atoms with E-state index in [0.717, 1.165) is 64.2 Å². The van der Waals surface area contributed by atoms with Gasteiger partial charge in [0.25, 0.3) is 0 Å². The van der Waals surface area contributed by atoms with Gasteiger partial charge in [0.2, 0.25) is 0 Å². The van der Waals surface area contributed by atoms with E-state index >= 15 is 0 Å². The second kappa shape index (κ2) is 39.1. The van der Waals surface area contributed by atoms with E-state index in [0.29, 0.717) is 13.0 Å². The molecule has 0 spiro atoms. The fourth-order valence-electron chi connectivity index (χ4n) is 7.91. The Morgan fingerprint density at radius 1 is 0.508 bits per heavy atom. The number of aliphatic hydroxyl groups excluding tert-OH is 7. The molecular weight excluding hydrogens is 837 g/mol. The van der Waals surface area contributed by atoms with Gasteiger partial charge >= 0.3 is 5.97 Å². The van der Waals surface area contributed by atoms with Gasteiger partial charge in [-0.3, -0.25) is 4.79 Å². The van der Waals surface area contributed by atoms with Gasteiger partial charge in [0.15, 0.2) is 12.6 Å². The molecule has 2 aliphatic rings. The van der Waals surface area contributed by atoms with Crippen molar-refractivity contribution in [2.75, 3.05) is 33.0 Å². The van der Waals surface area contributed by atoms with Crippen LogP contribution in [0.15, 0.2) is 36.5 Å². The summed E-state index contributed by atoms with van der Waals surface area (Å²) in [6.45, 7) is 3.59. The number of hydrogen-bond acceptors (Lipinski definition) is 14. The summed E-state index contributed by atoms with van der Waals surface area (Å²) in [7, 11) is 0. The molecule has 2 aliphatic heterocycles. The largest absolute Gasteiger partial charge is 0.457 e. The third-order valence-corrected chi connectivity index (χ3v) is 12.1. The molecule has 2 heterocycles. The van der Waals surface area contributed by atoms with E-state index in [1.54, 1.807) is 0 Å². The standard InChI is InChI=1S/C51H92O14/c1-3-5-7-9-11-13-15-17-18-19-20-21-23-25-27-29-31-33-35-60-37-40(63-43(53)34-32-30-28-26-24-22-16-14-12-10-8-6-4-2)38-61-50-49(59)47(57)45(55)42(65-50)39-62-51-48(58)46(56)44(54)41(36-52)64-51/h8,10,14,16-18,40-42,44-52,54-59H,3-7,9,11-13,15,19-39H2,1-2H3/b10-8-,16-14-,18-17-. The Balaban J connectivity index is 1.77. The maximum absolute atomic E-state index is 13.0. The van der Waals surface area contributed by atoms with Crippen molar-refractivity contribution in [1.29, 1.82) is 0 Å². The maximum Gasteiger partial charge on any atom is 0.306 e. The average molecular weight is 929 g/mol. The molecule has 0 amide bonds. The second-order valence-electron chi connectivity index (χ2n) is 18.0. The molecular formula is C51H92O14. The summed E-state index contributed by atoms with van der Waals surface area (Å²) >= 11 is 0. The van der Waals surface area contributed by atoms with Crippen molar-refractivity contribution in [3.05, 3.63) is 36.5 Å². The molecule has 380 valence electrons. The summed E-state index contributed by atoms with van der Waals surface area (Å²) in [4.78, 5) is 13.0. The first-order valence-electron chi connectivity index (χ1n) is 25.6. The fourth-order valence-corrected chi connectivity index (χ4v) is 7.91. The summed E-state index contributed by atoms with van der Waals surface area (Å²) in [6, 6.07) is 0. The van der Waals surface area contributed by atoms with Gasteiger partial charge in [0, 0.05) is 13.0 Å². The Morgan fingerprint density at radius 2 is 0.985 bits per heavy atom. The molecule has 0 aromatic rings. The van der Waals surface area contributed by atoms with Crippen molar-refractivity contribution < 1.29 is 69.0 Å². The average Bonchev–Trinajstić information content (AvgIpc) is 3.30. The van der Waals surface area contributed by atoms with Crippen molar-refractivity contribution in [3.8, 4) is 0 Å². The van der Waals surface area contributed by atoms with Gasteiger partial charge in [-0.2, -0.15) is 0 Å². The Morgan fingerprint density at radius 3 is 1.55 bits per heavy atom. The number of rotatable bonds is 40. The lowest BCUT2D eigenvalue weighted by Gasteiger charge is -2.42. The van der Waals surface area contributed by atoms with Crippen LogP contribution in [0.2, 0.25) is 0 Å². The third-order valence-electron chi connectivity index (χ3n) is 12.1. The van der Waals surface area contributed by atoms with Crippen molar-refractivity contribution in [2.45, 2.75) is 248 Å². The van der Waals surface area contributed by atoms with Crippen LogP contribution in [0.25, 0.3) is 0 Å². The van der Waals surface area contributed by atoms with Crippen molar-refractivity contribution in [2.24, 2.45) is 0 Å². The highest BCUT2D eigenvalue weighted by Crippen LogP contribution is 2.26. The van der Waals surface area contributed by atoms with Gasteiger partial charge in [0.05, 0.1) is 26.4 Å². The van der Waals surface area contributed by atoms with E-state index in [4.69, 9.17) is 28.4 Å². The van der Waals surface area contributed by atoms with E-state index in [2.05, 4.69) is 50.3 Å². The molecule has 11 unspecified atom stereocenters. The van der Waals surface area contributed by atoms with E-state index in [1.165, 1.54) is 89.9 Å². The molecule has 0 aromatic carbocycles. The van der Waals surface area contributed by atoms with Gasteiger partial charge in [-0.25, -0.2) is 0 Å². The molecule has 7 N–H and O–H groups in total. The van der Waals surface area contributed by atoms with Crippen LogP contribution in [0.1, 0.15) is 181 Å². The van der Waals surface area contributed by atoms with Gasteiger partial charge in [0.1, 0.15) is 54.9 Å². The molecule has 0 aromatic heterocycles. The van der Waals surface area contributed by atoms with Crippen LogP contribution in [0.5, 0.6) is 0 Å². The molecule has 0 aliphatic carbocycles. The van der Waals surface area contributed by atoms with Crippen molar-refractivity contribution in [1.82, 2.24) is 0 Å². The second-order valence-corrected chi connectivity index (χ2v) is 18.0. The molecule has 0 radical (unpaired) electrons. The number of carbonyl (C=O) groups excluding carboxylic acids is 1. The monoisotopic (exact) mass is 929 g/mol. The van der Waals surface area contributed by atoms with Crippen LogP contribution in [-0.2, 0) is 33.2 Å². The zero-order chi connectivity index (χ0) is 47.3. The number of hydrogen-bond donors (Lipinski definition) is 7. The minimum absolute atomic E-state index is 0.0543. The summed E-state index contributed by atoms with van der Waals surface area (Å²) in [6.07, 6.45) is 26.4. The normalized spacial score (nSPS) is 26.8. The first kappa shape index (κ1) is 59.3. The Labute approximate surface area is 391 Å². The quantitative estimate of drug-likeness (QED) is 0.0181. The summed E-state index contributed by atoms with van der Waals surface area (Å²) in [5.41, 5.74) is 0. The fraction of sp³-hybridized carbons (Fsp3) is 0.863. The lowest BCUT2D eigenvalue weighted by molar-refractivity contribution is -0.332. The zero-order valence-corrected chi connectivity index (χ0v) is 40.2. The number of esters is 1. The number of unbranched alkanes of at least 4 members (excludes halogenated alkanes) is 20. The van der Waals surface area contributed by atoms with Crippen LogP contribution >= 0.6 is 0 Å². The molecule has 65 heavy (non-hydrogen) atoms. The van der Waals surface area contributed by atoms with Gasteiger partial charge < -0.3 is 64.2 Å². The molecule has 2 rings (SSSR count). The first-order chi connectivity index (χ1) is 31.6. The third kappa shape index (κ3) is 27.1. The highest BCUT2D eigenvalue weighted by atomic mass is 16.7. The molecule has 14 heteroatoms. The number of allylic oxidation sites excluding steroid dienone is 6. The Hall–Kier alpha value is -1.79. The van der Waals surface area contributed by atoms with E-state index in [1.807, 2.05) is 0 Å². The Bertz CT molecular complexity index is 1220. The van der Waals surface area contributed by atoms with Gasteiger partial charge in [-0.1, -0.05) is 147 Å². The highest BCUT2D eigenvalue weighted by Gasteiger charge is 2.47. The topological polar surface area (TPSA) is 214 Å². The van der Waals surface area contributed by atoms with Gasteiger partial charge in [-0.05, 0) is 64.2 Å². The van der Waals surface area contributed by atoms with Crippen LogP contribution in [0.3, 0.4) is 0 Å². The number of carbonyl (C=O) groups is 1. The van der Waals surface area contributed by atoms with E-state index in [9.17, 15) is 40.5 Å². The lowest BCUT2D eigenvalue weighted by atomic mass is 9.98. The van der Waals surface area contributed by atoms with E-state index < -0.39 is 86.7 Å². The van der Waals surface area contributed by atoms with Crippen molar-refractivity contribution in [3.63, 3.8) is 0 Å². The van der Waals surface area contributed by atoms with E-state index in [-0.39, 0.29) is 19.6 Å². The molecule has 0 bridgehead atoms. The SMILES string of the molecule is CCC/C=C\C/C=C\CCCCCCCC(=O)OC(COCCCCCCCCCC/C=C\CCCCCCCC)COC1OC(COC2OC(CO)C(O)C(O)C2O)C(O)C(O)C1O. The predicted molar refractivity (Wildman–Crippen MR) is 252 cm³/mol. The number of aliphatic hydroxyl groups is 7. The molecule has 2 saturated heterocycles. The minimum atomic E-state index is -1.71. The van der Waals surface area contributed by atoms with Crippen LogP contribution in [0.4, 0.5) is 0 Å². The smallest absolute Gasteiger partial charge is 0.306 e. The molecule has 0 saturated carbocycles. The van der Waals surface area contributed by atoms with Crippen LogP contribution in [-0.4, -0.2) is 142 Å². The van der Waals surface area contributed by atoms with Gasteiger partial charge in [-0.15, -0.1) is 0 Å². The summed E-state index contributed by atoms with van der Waals surface area (Å²) in [5.74, 6) is -0.392. The molecule has 11 atom stereocenters. The summed E-state index contributed by atoms with van der Waals surface area (Å²) in [5, 5.41) is 72.1. The van der Waals surface area contributed by atoms with Crippen molar-refractivity contribution >= 4 is 5.97 Å². The summed E-state index contributed by atoms with van der Waals surface area (Å²) < 4.78 is 34.2. The number of ether oxygens (including phenoxy) is 6. The van der Waals surface area contributed by atoms with Crippen LogP contribution < -0.4 is 0 Å². The van der Waals surface area contributed by atoms with Crippen LogP contribution in [0, 0.1) is 0 Å². The molecule has 2 fully saturated rings. The first-order valence-corrected chi connectivity index (χ1v) is 25.6.